The van der Waals surface area contributed by atoms with Gasteiger partial charge in [-0.25, -0.2) is 4.79 Å². The fourth-order valence-corrected chi connectivity index (χ4v) is 4.87. The van der Waals surface area contributed by atoms with Crippen molar-refractivity contribution in [1.82, 2.24) is 5.32 Å². The average Bonchev–Trinajstić information content (AvgIpc) is 3.18. The van der Waals surface area contributed by atoms with Gasteiger partial charge in [-0.05, 0) is 37.1 Å². The number of aryl methyl sites for hydroxylation is 1. The van der Waals surface area contributed by atoms with Crippen LogP contribution >= 0.6 is 0 Å². The summed E-state index contributed by atoms with van der Waals surface area (Å²) in [4.78, 5) is 26.5. The van der Waals surface area contributed by atoms with E-state index in [9.17, 15) is 9.59 Å². The van der Waals surface area contributed by atoms with Gasteiger partial charge in [-0.1, -0.05) is 60.2 Å². The van der Waals surface area contributed by atoms with Crippen molar-refractivity contribution in [2.45, 2.75) is 26.4 Å². The Morgan fingerprint density at radius 3 is 2.33 bits per heavy atom. The maximum absolute atomic E-state index is 13.6. The SMILES string of the molecule is COC(=O)C1=C(C)NC2=C(C(=O)c3ccccc32)[C@@H]1c1ccc(OCc2ccc(C)cc2)c(OC)c1. The number of hydrogen-bond acceptors (Lipinski definition) is 6. The zero-order valence-corrected chi connectivity index (χ0v) is 20.7. The Bertz CT molecular complexity index is 1430. The number of Topliss-reactive ketones (excluding diaryl/α,β-unsaturated/α-hetero) is 1. The molecule has 0 bridgehead atoms. The summed E-state index contributed by atoms with van der Waals surface area (Å²) in [5.41, 5.74) is 6.71. The van der Waals surface area contributed by atoms with Gasteiger partial charge in [0.2, 0.25) is 0 Å². The lowest BCUT2D eigenvalue weighted by atomic mass is 9.79. The van der Waals surface area contributed by atoms with Crippen LogP contribution < -0.4 is 14.8 Å². The van der Waals surface area contributed by atoms with Gasteiger partial charge in [0.25, 0.3) is 0 Å². The number of benzene rings is 3. The molecule has 2 aliphatic rings. The Morgan fingerprint density at radius 2 is 1.64 bits per heavy atom. The number of methoxy groups -OCH3 is 2. The van der Waals surface area contributed by atoms with Crippen LogP contribution in [0.1, 0.15) is 45.5 Å². The second kappa shape index (κ2) is 9.38. The first kappa shape index (κ1) is 23.4. The molecule has 182 valence electrons. The van der Waals surface area contributed by atoms with Crippen molar-refractivity contribution < 1.29 is 23.8 Å². The minimum atomic E-state index is -0.617. The quantitative estimate of drug-likeness (QED) is 0.480. The minimum Gasteiger partial charge on any atom is -0.493 e. The summed E-state index contributed by atoms with van der Waals surface area (Å²) < 4.78 is 16.8. The highest BCUT2D eigenvalue weighted by atomic mass is 16.5. The van der Waals surface area contributed by atoms with Crippen LogP contribution in [0.4, 0.5) is 0 Å². The van der Waals surface area contributed by atoms with Crippen LogP contribution in [0.5, 0.6) is 11.5 Å². The fourth-order valence-electron chi connectivity index (χ4n) is 4.87. The van der Waals surface area contributed by atoms with Crippen molar-refractivity contribution in [2.24, 2.45) is 0 Å². The van der Waals surface area contributed by atoms with Gasteiger partial charge < -0.3 is 19.5 Å². The second-order valence-electron chi connectivity index (χ2n) is 8.94. The summed E-state index contributed by atoms with van der Waals surface area (Å²) in [6.07, 6.45) is 0. The summed E-state index contributed by atoms with van der Waals surface area (Å²) in [6.45, 7) is 4.25. The van der Waals surface area contributed by atoms with Crippen molar-refractivity contribution in [3.05, 3.63) is 111 Å². The molecule has 0 saturated carbocycles. The van der Waals surface area contributed by atoms with Gasteiger partial charge in [-0.15, -0.1) is 0 Å². The molecule has 0 spiro atoms. The molecule has 3 aromatic rings. The monoisotopic (exact) mass is 481 g/mol. The number of dihydropyridines is 1. The van der Waals surface area contributed by atoms with Gasteiger partial charge in [0.15, 0.2) is 17.3 Å². The molecule has 1 heterocycles. The zero-order valence-electron chi connectivity index (χ0n) is 20.7. The number of carbonyl (C=O) groups excluding carboxylic acids is 2. The Kier molecular flexibility index (Phi) is 6.10. The number of hydrogen-bond donors (Lipinski definition) is 1. The van der Waals surface area contributed by atoms with Crippen molar-refractivity contribution in [3.63, 3.8) is 0 Å². The van der Waals surface area contributed by atoms with Gasteiger partial charge >= 0.3 is 5.97 Å². The molecule has 3 aromatic carbocycles. The molecule has 1 N–H and O–H groups in total. The molecular weight excluding hydrogens is 454 g/mol. The lowest BCUT2D eigenvalue weighted by Gasteiger charge is -2.29. The van der Waals surface area contributed by atoms with Crippen molar-refractivity contribution in [2.75, 3.05) is 14.2 Å². The molecule has 0 aromatic heterocycles. The van der Waals surface area contributed by atoms with E-state index in [0.29, 0.717) is 40.5 Å². The number of carbonyl (C=O) groups is 2. The predicted octanol–water partition coefficient (Wildman–Crippen LogP) is 5.32. The van der Waals surface area contributed by atoms with Gasteiger partial charge in [0.1, 0.15) is 6.61 Å². The molecule has 0 saturated heterocycles. The van der Waals surface area contributed by atoms with Crippen LogP contribution in [0.15, 0.2) is 83.6 Å². The van der Waals surface area contributed by atoms with Crippen LogP contribution in [0, 0.1) is 6.92 Å². The summed E-state index contributed by atoms with van der Waals surface area (Å²) in [5, 5.41) is 3.29. The van der Waals surface area contributed by atoms with E-state index in [0.717, 1.165) is 22.4 Å². The number of fused-ring (bicyclic) bond motifs is 2. The summed E-state index contributed by atoms with van der Waals surface area (Å²) >= 11 is 0. The molecule has 5 rings (SSSR count). The molecule has 6 heteroatoms. The standard InChI is InChI=1S/C30H27NO5/c1-17-9-11-19(12-10-17)16-36-23-14-13-20(15-24(23)34-3)26-25(30(33)35-4)18(2)31-28-21-7-5-6-8-22(21)29(32)27(26)28/h5-15,26,31H,16H2,1-4H3/t26-/m1/s1. The number of ether oxygens (including phenoxy) is 3. The van der Waals surface area contributed by atoms with Crippen LogP contribution in [0.25, 0.3) is 5.70 Å². The molecule has 1 aliphatic carbocycles. The first-order valence-corrected chi connectivity index (χ1v) is 11.7. The molecule has 1 atom stereocenters. The number of esters is 1. The number of rotatable bonds is 6. The van der Waals surface area contributed by atoms with Crippen LogP contribution in [0.2, 0.25) is 0 Å². The molecule has 6 nitrogen and oxygen atoms in total. The Hall–Kier alpha value is -4.32. The van der Waals surface area contributed by atoms with Gasteiger partial charge in [-0.3, -0.25) is 4.79 Å². The van der Waals surface area contributed by atoms with Crippen LogP contribution in [-0.2, 0) is 16.1 Å². The van der Waals surface area contributed by atoms with E-state index >= 15 is 0 Å². The van der Waals surface area contributed by atoms with Crippen molar-refractivity contribution >= 4 is 17.4 Å². The molecular formula is C30H27NO5. The molecule has 0 fully saturated rings. The smallest absolute Gasteiger partial charge is 0.336 e. The lowest BCUT2D eigenvalue weighted by molar-refractivity contribution is -0.136. The van der Waals surface area contributed by atoms with E-state index < -0.39 is 11.9 Å². The third kappa shape index (κ3) is 3.94. The maximum Gasteiger partial charge on any atom is 0.336 e. The summed E-state index contributed by atoms with van der Waals surface area (Å²) in [5.74, 6) is -0.116. The second-order valence-corrected chi connectivity index (χ2v) is 8.94. The number of ketones is 1. The topological polar surface area (TPSA) is 73.9 Å². The Balaban J connectivity index is 1.56. The highest BCUT2D eigenvalue weighted by Gasteiger charge is 2.43. The number of allylic oxidation sites excluding steroid dienone is 2. The molecule has 1 aliphatic heterocycles. The Morgan fingerprint density at radius 1 is 0.917 bits per heavy atom. The van der Waals surface area contributed by atoms with Gasteiger partial charge in [0, 0.05) is 28.3 Å². The average molecular weight is 482 g/mol. The minimum absolute atomic E-state index is 0.106. The fraction of sp³-hybridized carbons (Fsp3) is 0.200. The predicted molar refractivity (Wildman–Crippen MR) is 137 cm³/mol. The maximum atomic E-state index is 13.6. The third-order valence-corrected chi connectivity index (χ3v) is 6.69. The molecule has 0 unspecified atom stereocenters. The van der Waals surface area contributed by atoms with Crippen LogP contribution in [0.3, 0.4) is 0 Å². The van der Waals surface area contributed by atoms with E-state index in [4.69, 9.17) is 14.2 Å². The van der Waals surface area contributed by atoms with E-state index in [1.165, 1.54) is 12.7 Å². The molecule has 0 amide bonds. The van der Waals surface area contributed by atoms with E-state index in [2.05, 4.69) is 5.32 Å². The van der Waals surface area contributed by atoms with E-state index in [1.54, 1.807) is 7.11 Å². The van der Waals surface area contributed by atoms with Gasteiger partial charge in [0.05, 0.1) is 25.5 Å². The first-order valence-electron chi connectivity index (χ1n) is 11.7. The first-order chi connectivity index (χ1) is 17.4. The summed E-state index contributed by atoms with van der Waals surface area (Å²) in [6, 6.07) is 21.1. The molecule has 36 heavy (non-hydrogen) atoms. The lowest BCUT2D eigenvalue weighted by Crippen LogP contribution is -2.29. The van der Waals surface area contributed by atoms with E-state index in [-0.39, 0.29) is 5.78 Å². The highest BCUT2D eigenvalue weighted by molar-refractivity contribution is 6.23. The normalized spacial score (nSPS) is 16.3. The number of nitrogens with one attached hydrogen (secondary N) is 1. The van der Waals surface area contributed by atoms with Crippen LogP contribution in [-0.4, -0.2) is 26.0 Å². The van der Waals surface area contributed by atoms with E-state index in [1.807, 2.05) is 80.6 Å². The molecule has 0 radical (unpaired) electrons. The van der Waals surface area contributed by atoms with Crippen molar-refractivity contribution in [1.29, 1.82) is 0 Å². The third-order valence-electron chi connectivity index (χ3n) is 6.69. The van der Waals surface area contributed by atoms with Gasteiger partial charge in [-0.2, -0.15) is 0 Å². The zero-order chi connectivity index (χ0) is 25.4. The summed E-state index contributed by atoms with van der Waals surface area (Å²) in [7, 11) is 2.92. The highest BCUT2D eigenvalue weighted by Crippen LogP contribution is 2.47. The largest absolute Gasteiger partial charge is 0.493 e. The Labute approximate surface area is 210 Å². The van der Waals surface area contributed by atoms with Crippen molar-refractivity contribution in [3.8, 4) is 11.5 Å².